The van der Waals surface area contributed by atoms with Crippen molar-refractivity contribution in [1.29, 1.82) is 0 Å². The molecule has 0 aliphatic rings. The Bertz CT molecular complexity index is 155. The highest BCUT2D eigenvalue weighted by Gasteiger charge is 2.27. The number of aliphatic hydroxyl groups excluding tert-OH is 1. The van der Waals surface area contributed by atoms with Crippen LogP contribution in [0.15, 0.2) is 0 Å². The van der Waals surface area contributed by atoms with Crippen LogP contribution in [0, 0.1) is 0 Å². The topological polar surface area (TPSA) is 69.7 Å². The molecular weight excluding hydrogens is 192 g/mol. The number of aliphatic hydroxyl groups is 2. The average molecular weight is 218 g/mol. The fourth-order valence-corrected chi connectivity index (χ4v) is 1.71. The van der Waals surface area contributed by atoms with Gasteiger partial charge in [0, 0.05) is 13.1 Å². The summed E-state index contributed by atoms with van der Waals surface area (Å²) in [6.45, 7) is 7.73. The first-order valence-electron chi connectivity index (χ1n) is 5.85. The first-order valence-corrected chi connectivity index (χ1v) is 5.85. The van der Waals surface area contributed by atoms with Crippen molar-refractivity contribution in [3.8, 4) is 0 Å². The van der Waals surface area contributed by atoms with Crippen molar-refractivity contribution in [2.24, 2.45) is 5.73 Å². The van der Waals surface area contributed by atoms with Gasteiger partial charge in [0.25, 0.3) is 0 Å². The monoisotopic (exact) mass is 218 g/mol. The molecule has 0 fully saturated rings. The molecule has 92 valence electrons. The normalized spacial score (nSPS) is 17.8. The summed E-state index contributed by atoms with van der Waals surface area (Å²) < 4.78 is 0. The molecule has 0 spiro atoms. The molecule has 0 amide bonds. The lowest BCUT2D eigenvalue weighted by molar-refractivity contribution is -0.105. The Hall–Kier alpha value is -0.160. The van der Waals surface area contributed by atoms with E-state index in [9.17, 15) is 5.11 Å². The molecule has 0 heterocycles. The summed E-state index contributed by atoms with van der Waals surface area (Å²) in [4.78, 5) is 2.05. The van der Waals surface area contributed by atoms with Crippen molar-refractivity contribution in [2.45, 2.75) is 58.4 Å². The van der Waals surface area contributed by atoms with Gasteiger partial charge in [-0.25, -0.2) is 0 Å². The smallest absolute Gasteiger partial charge is 0.115 e. The molecule has 0 saturated heterocycles. The molecule has 4 heteroatoms. The molecule has 0 aromatic rings. The van der Waals surface area contributed by atoms with Crippen LogP contribution in [0.25, 0.3) is 0 Å². The maximum atomic E-state index is 10.2. The van der Waals surface area contributed by atoms with Gasteiger partial charge >= 0.3 is 0 Å². The zero-order chi connectivity index (χ0) is 11.9. The predicted molar refractivity (Wildman–Crippen MR) is 62.2 cm³/mol. The van der Waals surface area contributed by atoms with Gasteiger partial charge in [-0.1, -0.05) is 13.8 Å². The third-order valence-electron chi connectivity index (χ3n) is 2.58. The lowest BCUT2D eigenvalue weighted by atomic mass is 10.1. The summed E-state index contributed by atoms with van der Waals surface area (Å²) in [5, 5.41) is 19.3. The van der Waals surface area contributed by atoms with Crippen LogP contribution in [-0.2, 0) is 0 Å². The van der Waals surface area contributed by atoms with Gasteiger partial charge in [0.1, 0.15) is 12.0 Å². The van der Waals surface area contributed by atoms with Crippen LogP contribution in [0.3, 0.4) is 0 Å². The van der Waals surface area contributed by atoms with Gasteiger partial charge in [-0.15, -0.1) is 0 Å². The molecule has 0 bridgehead atoms. The van der Waals surface area contributed by atoms with E-state index in [1.54, 1.807) is 6.92 Å². The van der Waals surface area contributed by atoms with Crippen molar-refractivity contribution >= 4 is 0 Å². The Balaban J connectivity index is 4.20. The van der Waals surface area contributed by atoms with E-state index in [4.69, 9.17) is 10.8 Å². The zero-order valence-corrected chi connectivity index (χ0v) is 10.2. The first kappa shape index (κ1) is 14.8. The largest absolute Gasteiger partial charge is 0.379 e. The Kier molecular flexibility index (Phi) is 7.09. The maximum Gasteiger partial charge on any atom is 0.115 e. The van der Waals surface area contributed by atoms with E-state index in [0.717, 1.165) is 25.9 Å². The van der Waals surface area contributed by atoms with E-state index in [0.29, 0.717) is 12.8 Å². The minimum Gasteiger partial charge on any atom is -0.379 e. The second kappa shape index (κ2) is 7.17. The van der Waals surface area contributed by atoms with Gasteiger partial charge in [0.05, 0.1) is 0 Å². The van der Waals surface area contributed by atoms with Gasteiger partial charge in [-0.3, -0.25) is 4.90 Å². The Morgan fingerprint density at radius 2 is 1.73 bits per heavy atom. The van der Waals surface area contributed by atoms with E-state index in [-0.39, 0.29) is 0 Å². The maximum absolute atomic E-state index is 10.2. The summed E-state index contributed by atoms with van der Waals surface area (Å²) >= 11 is 0. The number of hydrogen-bond acceptors (Lipinski definition) is 4. The van der Waals surface area contributed by atoms with Gasteiger partial charge in [0.2, 0.25) is 0 Å². The summed E-state index contributed by atoms with van der Waals surface area (Å²) in [5.74, 6) is 0. The highest BCUT2D eigenvalue weighted by Crippen LogP contribution is 2.19. The second-order valence-corrected chi connectivity index (χ2v) is 4.31. The molecule has 0 radical (unpaired) electrons. The van der Waals surface area contributed by atoms with E-state index in [1.165, 1.54) is 0 Å². The average Bonchev–Trinajstić information content (AvgIpc) is 2.15. The Morgan fingerprint density at radius 3 is 2.07 bits per heavy atom. The second-order valence-electron chi connectivity index (χ2n) is 4.31. The fraction of sp³-hybridized carbons (Fsp3) is 1.00. The molecule has 0 aliphatic carbocycles. The number of nitrogens with two attached hydrogens (primary N) is 1. The molecule has 4 N–H and O–H groups in total. The minimum absolute atomic E-state index is 0.428. The third-order valence-corrected chi connectivity index (χ3v) is 2.58. The van der Waals surface area contributed by atoms with Crippen LogP contribution >= 0.6 is 0 Å². The van der Waals surface area contributed by atoms with Gasteiger partial charge < -0.3 is 15.9 Å². The third kappa shape index (κ3) is 6.10. The Labute approximate surface area is 93.1 Å². The molecule has 2 atom stereocenters. The van der Waals surface area contributed by atoms with Crippen molar-refractivity contribution in [3.63, 3.8) is 0 Å². The predicted octanol–water partition coefficient (Wildman–Crippen LogP) is 0.874. The lowest BCUT2D eigenvalue weighted by Crippen LogP contribution is -2.47. The van der Waals surface area contributed by atoms with E-state index < -0.39 is 12.0 Å². The van der Waals surface area contributed by atoms with E-state index in [1.807, 2.05) is 0 Å². The summed E-state index contributed by atoms with van der Waals surface area (Å²) in [6.07, 6.45) is 2.13. The van der Waals surface area contributed by atoms with Crippen LogP contribution < -0.4 is 5.73 Å². The standard InChI is InChI=1S/C11H26N2O2/c1-4-8-13(9-5-2)11(3,15)7-6-10(12)14/h10,14-15H,4-9,12H2,1-3H3. The zero-order valence-electron chi connectivity index (χ0n) is 10.2. The first-order chi connectivity index (χ1) is 6.94. The molecule has 0 aromatic heterocycles. The number of nitrogens with zero attached hydrogens (tertiary/aromatic N) is 1. The summed E-state index contributed by atoms with van der Waals surface area (Å²) in [6, 6.07) is 0. The lowest BCUT2D eigenvalue weighted by Gasteiger charge is -2.37. The Morgan fingerprint density at radius 1 is 1.27 bits per heavy atom. The van der Waals surface area contributed by atoms with Crippen LogP contribution in [0.2, 0.25) is 0 Å². The number of rotatable bonds is 8. The van der Waals surface area contributed by atoms with Crippen molar-refractivity contribution < 1.29 is 10.2 Å². The highest BCUT2D eigenvalue weighted by atomic mass is 16.3. The molecule has 2 unspecified atom stereocenters. The van der Waals surface area contributed by atoms with Gasteiger partial charge in [0.15, 0.2) is 0 Å². The SMILES string of the molecule is CCCN(CCC)C(C)(O)CCC(N)O. The molecule has 0 rings (SSSR count). The molecule has 0 aliphatic heterocycles. The van der Waals surface area contributed by atoms with Gasteiger partial charge in [-0.2, -0.15) is 0 Å². The molecule has 4 nitrogen and oxygen atoms in total. The molecule has 0 aromatic carbocycles. The molecule has 15 heavy (non-hydrogen) atoms. The molecular formula is C11H26N2O2. The van der Waals surface area contributed by atoms with Crippen LogP contribution in [0.4, 0.5) is 0 Å². The minimum atomic E-state index is -0.855. The summed E-state index contributed by atoms with van der Waals surface area (Å²) in [5.41, 5.74) is 4.42. The van der Waals surface area contributed by atoms with Crippen molar-refractivity contribution in [1.82, 2.24) is 4.90 Å². The molecule has 0 saturated carbocycles. The van der Waals surface area contributed by atoms with Crippen molar-refractivity contribution in [3.05, 3.63) is 0 Å². The van der Waals surface area contributed by atoms with E-state index >= 15 is 0 Å². The van der Waals surface area contributed by atoms with Crippen molar-refractivity contribution in [2.75, 3.05) is 13.1 Å². The quantitative estimate of drug-likeness (QED) is 0.529. The fourth-order valence-electron chi connectivity index (χ4n) is 1.71. The summed E-state index contributed by atoms with van der Waals surface area (Å²) in [7, 11) is 0. The van der Waals surface area contributed by atoms with Gasteiger partial charge in [-0.05, 0) is 32.6 Å². The van der Waals surface area contributed by atoms with Crippen LogP contribution in [0.5, 0.6) is 0 Å². The van der Waals surface area contributed by atoms with E-state index in [2.05, 4.69) is 18.7 Å². The highest BCUT2D eigenvalue weighted by molar-refractivity contribution is 4.75. The van der Waals surface area contributed by atoms with Crippen LogP contribution in [-0.4, -0.2) is 40.2 Å². The van der Waals surface area contributed by atoms with Crippen LogP contribution in [0.1, 0.15) is 46.5 Å². The number of hydrogen-bond donors (Lipinski definition) is 3.